The fourth-order valence-corrected chi connectivity index (χ4v) is 4.63. The molecule has 1 aliphatic rings. The Bertz CT molecular complexity index is 574. The number of benzene rings is 1. The molecule has 0 radical (unpaired) electrons. The molecule has 112 valence electrons. The van der Waals surface area contributed by atoms with Gasteiger partial charge in [0.15, 0.2) is 0 Å². The van der Waals surface area contributed by atoms with Gasteiger partial charge in [0.05, 0.1) is 18.1 Å². The molecule has 6 heteroatoms. The van der Waals surface area contributed by atoms with Gasteiger partial charge in [0.2, 0.25) is 10.0 Å². The lowest BCUT2D eigenvalue weighted by atomic mass is 10.1. The average Bonchev–Trinajstić information content (AvgIpc) is 2.37. The Kier molecular flexibility index (Phi) is 4.36. The number of nitrogens with zero attached hydrogens (tertiary/aromatic N) is 1. The summed E-state index contributed by atoms with van der Waals surface area (Å²) in [6.45, 7) is 4.17. The van der Waals surface area contributed by atoms with Gasteiger partial charge in [-0.15, -0.1) is 0 Å². The number of hydrogen-bond acceptors (Lipinski definition) is 4. The van der Waals surface area contributed by atoms with Gasteiger partial charge in [0, 0.05) is 13.1 Å². The van der Waals surface area contributed by atoms with E-state index in [2.05, 4.69) is 0 Å². The van der Waals surface area contributed by atoms with Crippen LogP contribution in [0.4, 0.5) is 0 Å². The van der Waals surface area contributed by atoms with Gasteiger partial charge in [-0.05, 0) is 49.9 Å². The Labute approximate surface area is 120 Å². The van der Waals surface area contributed by atoms with E-state index in [4.69, 9.17) is 4.74 Å². The highest BCUT2D eigenvalue weighted by Crippen LogP contribution is 2.29. The lowest BCUT2D eigenvalue weighted by molar-refractivity contribution is 0.108. The van der Waals surface area contributed by atoms with Crippen LogP contribution in [0, 0.1) is 13.8 Å². The lowest BCUT2D eigenvalue weighted by Gasteiger charge is -2.30. The molecule has 5 nitrogen and oxygen atoms in total. The maximum Gasteiger partial charge on any atom is 0.243 e. The minimum Gasteiger partial charge on any atom is -0.497 e. The molecule has 1 unspecified atom stereocenters. The second kappa shape index (κ2) is 5.71. The highest BCUT2D eigenvalue weighted by atomic mass is 32.2. The van der Waals surface area contributed by atoms with Gasteiger partial charge < -0.3 is 9.84 Å². The molecule has 1 aromatic carbocycles. The number of aliphatic hydroxyl groups is 1. The number of methoxy groups -OCH3 is 1. The van der Waals surface area contributed by atoms with Crippen LogP contribution in [0.15, 0.2) is 17.0 Å². The largest absolute Gasteiger partial charge is 0.497 e. The van der Waals surface area contributed by atoms with Gasteiger partial charge in [0.25, 0.3) is 0 Å². The number of sulfonamides is 1. The fraction of sp³-hybridized carbons (Fsp3) is 0.571. The lowest BCUT2D eigenvalue weighted by Crippen LogP contribution is -2.42. The molecule has 0 aliphatic carbocycles. The Balaban J connectivity index is 2.44. The number of aliphatic hydroxyl groups excluding tert-OH is 1. The first-order valence-electron chi connectivity index (χ1n) is 6.69. The number of aryl methyl sites for hydroxylation is 2. The number of piperidine rings is 1. The first kappa shape index (κ1) is 15.3. The predicted molar refractivity (Wildman–Crippen MR) is 76.5 cm³/mol. The van der Waals surface area contributed by atoms with E-state index in [1.165, 1.54) is 4.31 Å². The SMILES string of the molecule is COc1cc(C)c(S(=O)(=O)N2CCCC(O)C2)c(C)c1. The van der Waals surface area contributed by atoms with Gasteiger partial charge >= 0.3 is 0 Å². The summed E-state index contributed by atoms with van der Waals surface area (Å²) >= 11 is 0. The molecule has 0 spiro atoms. The van der Waals surface area contributed by atoms with Crippen molar-refractivity contribution in [1.82, 2.24) is 4.31 Å². The van der Waals surface area contributed by atoms with Crippen LogP contribution < -0.4 is 4.74 Å². The van der Waals surface area contributed by atoms with Gasteiger partial charge in [-0.2, -0.15) is 4.31 Å². The second-order valence-corrected chi connectivity index (χ2v) is 7.12. The smallest absolute Gasteiger partial charge is 0.243 e. The highest BCUT2D eigenvalue weighted by molar-refractivity contribution is 7.89. The topological polar surface area (TPSA) is 66.8 Å². The van der Waals surface area contributed by atoms with E-state index in [0.29, 0.717) is 41.2 Å². The number of ether oxygens (including phenoxy) is 1. The van der Waals surface area contributed by atoms with Crippen molar-refractivity contribution in [3.63, 3.8) is 0 Å². The molecule has 1 aromatic rings. The molecule has 0 amide bonds. The van der Waals surface area contributed by atoms with Crippen molar-refractivity contribution in [2.75, 3.05) is 20.2 Å². The van der Waals surface area contributed by atoms with Crippen molar-refractivity contribution in [2.45, 2.75) is 37.7 Å². The van der Waals surface area contributed by atoms with Crippen molar-refractivity contribution in [3.05, 3.63) is 23.3 Å². The molecule has 1 heterocycles. The van der Waals surface area contributed by atoms with Crippen molar-refractivity contribution in [2.24, 2.45) is 0 Å². The summed E-state index contributed by atoms with van der Waals surface area (Å²) in [5, 5.41) is 9.68. The van der Waals surface area contributed by atoms with Crippen LogP contribution in [0.2, 0.25) is 0 Å². The van der Waals surface area contributed by atoms with Crippen LogP contribution in [-0.4, -0.2) is 44.1 Å². The van der Waals surface area contributed by atoms with Crippen LogP contribution >= 0.6 is 0 Å². The van der Waals surface area contributed by atoms with Crippen LogP contribution in [0.25, 0.3) is 0 Å². The summed E-state index contributed by atoms with van der Waals surface area (Å²) in [6.07, 6.45) is 0.777. The van der Waals surface area contributed by atoms with E-state index in [0.717, 1.165) is 0 Å². The zero-order valence-electron chi connectivity index (χ0n) is 12.1. The molecule has 1 aliphatic heterocycles. The van der Waals surface area contributed by atoms with Crippen LogP contribution in [0.3, 0.4) is 0 Å². The molecule has 20 heavy (non-hydrogen) atoms. The average molecular weight is 299 g/mol. The van der Waals surface area contributed by atoms with Gasteiger partial charge in [-0.3, -0.25) is 0 Å². The molecule has 1 saturated heterocycles. The number of β-amino-alcohol motifs (C(OH)–C–C–N with tert-alkyl or cyclic N) is 1. The predicted octanol–water partition coefficient (Wildman–Crippen LogP) is 1.46. The third kappa shape index (κ3) is 2.82. The summed E-state index contributed by atoms with van der Waals surface area (Å²) in [7, 11) is -2.00. The first-order valence-corrected chi connectivity index (χ1v) is 8.13. The summed E-state index contributed by atoms with van der Waals surface area (Å²) in [5.74, 6) is 0.651. The first-order chi connectivity index (χ1) is 9.36. The van der Waals surface area contributed by atoms with Crippen molar-refractivity contribution < 1.29 is 18.3 Å². The normalized spacial score (nSPS) is 20.9. The maximum atomic E-state index is 12.7. The van der Waals surface area contributed by atoms with E-state index in [9.17, 15) is 13.5 Å². The molecule has 1 atom stereocenters. The van der Waals surface area contributed by atoms with E-state index in [1.807, 2.05) is 0 Å². The highest BCUT2D eigenvalue weighted by Gasteiger charge is 2.31. The summed E-state index contributed by atoms with van der Waals surface area (Å²) in [5.41, 5.74) is 1.34. The van der Waals surface area contributed by atoms with Crippen LogP contribution in [0.1, 0.15) is 24.0 Å². The van der Waals surface area contributed by atoms with E-state index >= 15 is 0 Å². The van der Waals surface area contributed by atoms with E-state index in [-0.39, 0.29) is 6.54 Å². The summed E-state index contributed by atoms with van der Waals surface area (Å²) < 4.78 is 32.0. The van der Waals surface area contributed by atoms with Crippen molar-refractivity contribution in [3.8, 4) is 5.75 Å². The fourth-order valence-electron chi connectivity index (χ4n) is 2.70. The van der Waals surface area contributed by atoms with E-state index < -0.39 is 16.1 Å². The standard InChI is InChI=1S/C14H21NO4S/c1-10-7-13(19-3)8-11(2)14(10)20(17,18)15-6-4-5-12(16)9-15/h7-8,12,16H,4-6,9H2,1-3H3. The summed E-state index contributed by atoms with van der Waals surface area (Å²) in [4.78, 5) is 0.326. The minimum absolute atomic E-state index is 0.174. The van der Waals surface area contributed by atoms with Gasteiger partial charge in [-0.25, -0.2) is 8.42 Å². The number of hydrogen-bond donors (Lipinski definition) is 1. The molecule has 0 saturated carbocycles. The van der Waals surface area contributed by atoms with Gasteiger partial charge in [0.1, 0.15) is 5.75 Å². The monoisotopic (exact) mass is 299 g/mol. The molecule has 0 aromatic heterocycles. The maximum absolute atomic E-state index is 12.7. The third-order valence-corrected chi connectivity index (χ3v) is 5.80. The summed E-state index contributed by atoms with van der Waals surface area (Å²) in [6, 6.07) is 3.44. The Morgan fingerprint density at radius 2 is 1.90 bits per heavy atom. The van der Waals surface area contributed by atoms with Crippen molar-refractivity contribution in [1.29, 1.82) is 0 Å². The third-order valence-electron chi connectivity index (χ3n) is 3.63. The quantitative estimate of drug-likeness (QED) is 0.917. The zero-order chi connectivity index (χ0) is 14.9. The Morgan fingerprint density at radius 1 is 1.30 bits per heavy atom. The molecule has 1 N–H and O–H groups in total. The molecule has 2 rings (SSSR count). The minimum atomic E-state index is -3.56. The van der Waals surface area contributed by atoms with Gasteiger partial charge in [-0.1, -0.05) is 0 Å². The Morgan fingerprint density at radius 3 is 2.40 bits per heavy atom. The van der Waals surface area contributed by atoms with Crippen LogP contribution in [-0.2, 0) is 10.0 Å². The zero-order valence-corrected chi connectivity index (χ0v) is 12.9. The van der Waals surface area contributed by atoms with E-state index in [1.54, 1.807) is 33.1 Å². The molecular weight excluding hydrogens is 278 g/mol. The number of rotatable bonds is 3. The molecule has 1 fully saturated rings. The Hall–Kier alpha value is -1.11. The molecule has 0 bridgehead atoms. The van der Waals surface area contributed by atoms with Crippen LogP contribution in [0.5, 0.6) is 5.75 Å². The molecular formula is C14H21NO4S. The second-order valence-electron chi connectivity index (χ2n) is 5.25. The van der Waals surface area contributed by atoms with Crippen molar-refractivity contribution >= 4 is 10.0 Å².